The quantitative estimate of drug-likeness (QED) is 0.453. The minimum Gasteiger partial charge on any atom is -0.352 e. The molecule has 4 nitrogen and oxygen atoms in total. The van der Waals surface area contributed by atoms with E-state index in [1.54, 1.807) is 12.2 Å². The van der Waals surface area contributed by atoms with Crippen molar-refractivity contribution < 1.29 is 27.5 Å². The van der Waals surface area contributed by atoms with E-state index in [4.69, 9.17) is 4.74 Å². The largest absolute Gasteiger partial charge is 0.416 e. The number of aryl methyl sites for hydroxylation is 1. The lowest BCUT2D eigenvalue weighted by atomic mass is 9.99. The lowest BCUT2D eigenvalue weighted by Crippen LogP contribution is -2.50. The van der Waals surface area contributed by atoms with Crippen molar-refractivity contribution in [1.29, 1.82) is 0 Å². The molecule has 0 aliphatic heterocycles. The number of ketones is 1. The SMILES string of the molecule is CC(C)N(C)C1(OCC(C=O)CCc2ccc(C(F)(F)F)cc2)C=CC(=O)C=C1. The van der Waals surface area contributed by atoms with Crippen LogP contribution in [0.5, 0.6) is 0 Å². The summed E-state index contributed by atoms with van der Waals surface area (Å²) in [6, 6.07) is 5.07. The van der Waals surface area contributed by atoms with Crippen LogP contribution in [-0.2, 0) is 26.9 Å². The number of aldehydes is 1. The molecular formula is C22H26F3NO3. The number of rotatable bonds is 9. The first kappa shape index (κ1) is 23.0. The second kappa shape index (κ2) is 9.50. The van der Waals surface area contributed by atoms with E-state index in [2.05, 4.69) is 0 Å². The van der Waals surface area contributed by atoms with Crippen LogP contribution in [0.4, 0.5) is 13.2 Å². The third-order valence-electron chi connectivity index (χ3n) is 5.10. The van der Waals surface area contributed by atoms with Gasteiger partial charge in [0.2, 0.25) is 0 Å². The fourth-order valence-electron chi connectivity index (χ4n) is 2.99. The van der Waals surface area contributed by atoms with Gasteiger partial charge in [-0.05, 0) is 75.7 Å². The summed E-state index contributed by atoms with van der Waals surface area (Å²) >= 11 is 0. The molecule has 0 radical (unpaired) electrons. The summed E-state index contributed by atoms with van der Waals surface area (Å²) in [7, 11) is 1.87. The second-order valence-corrected chi connectivity index (χ2v) is 7.47. The van der Waals surface area contributed by atoms with E-state index >= 15 is 0 Å². The Balaban J connectivity index is 1.99. The molecule has 0 saturated carbocycles. The third kappa shape index (κ3) is 6.11. The van der Waals surface area contributed by atoms with Crippen molar-refractivity contribution in [3.63, 3.8) is 0 Å². The molecule has 2 rings (SSSR count). The van der Waals surface area contributed by atoms with Crippen molar-refractivity contribution in [2.75, 3.05) is 13.7 Å². The van der Waals surface area contributed by atoms with Gasteiger partial charge in [-0.25, -0.2) is 0 Å². The fourth-order valence-corrected chi connectivity index (χ4v) is 2.99. The Bertz CT molecular complexity index is 751. The molecule has 0 heterocycles. The Morgan fingerprint density at radius 1 is 1.14 bits per heavy atom. The predicted molar refractivity (Wildman–Crippen MR) is 104 cm³/mol. The summed E-state index contributed by atoms with van der Waals surface area (Å²) < 4.78 is 44.0. The highest BCUT2D eigenvalue weighted by molar-refractivity contribution is 6.00. The monoisotopic (exact) mass is 409 g/mol. The molecule has 0 spiro atoms. The highest BCUT2D eigenvalue weighted by atomic mass is 19.4. The minimum atomic E-state index is -4.36. The minimum absolute atomic E-state index is 0.124. The highest BCUT2D eigenvalue weighted by Gasteiger charge is 2.35. The number of hydrogen-bond acceptors (Lipinski definition) is 4. The molecule has 0 fully saturated rings. The van der Waals surface area contributed by atoms with E-state index in [0.717, 1.165) is 24.0 Å². The zero-order chi connectivity index (χ0) is 21.7. The highest BCUT2D eigenvalue weighted by Crippen LogP contribution is 2.30. The number of likely N-dealkylation sites (N-methyl/N-ethyl adjacent to an activating group) is 1. The normalized spacial score (nSPS) is 17.2. The van der Waals surface area contributed by atoms with Crippen LogP contribution in [0.15, 0.2) is 48.6 Å². The molecule has 1 aliphatic rings. The Labute approximate surface area is 169 Å². The number of ether oxygens (including phenoxy) is 1. The van der Waals surface area contributed by atoms with Gasteiger partial charge in [-0.1, -0.05) is 12.1 Å². The van der Waals surface area contributed by atoms with Crippen molar-refractivity contribution in [1.82, 2.24) is 4.90 Å². The first-order valence-corrected chi connectivity index (χ1v) is 9.48. The zero-order valence-corrected chi connectivity index (χ0v) is 16.8. The van der Waals surface area contributed by atoms with Gasteiger partial charge in [0.05, 0.1) is 12.2 Å². The molecular weight excluding hydrogens is 383 g/mol. The summed E-state index contributed by atoms with van der Waals surface area (Å²) in [4.78, 5) is 25.0. The number of carbonyl (C=O) groups is 2. The molecule has 29 heavy (non-hydrogen) atoms. The predicted octanol–water partition coefficient (Wildman–Crippen LogP) is 4.20. The number of benzene rings is 1. The van der Waals surface area contributed by atoms with Gasteiger partial charge >= 0.3 is 6.18 Å². The molecule has 0 saturated heterocycles. The molecule has 158 valence electrons. The van der Waals surface area contributed by atoms with Gasteiger partial charge in [0, 0.05) is 12.0 Å². The molecule has 0 bridgehead atoms. The molecule has 1 aromatic rings. The van der Waals surface area contributed by atoms with E-state index in [0.29, 0.717) is 12.8 Å². The maximum atomic E-state index is 12.6. The average molecular weight is 409 g/mol. The summed E-state index contributed by atoms with van der Waals surface area (Å²) in [6.07, 6.45) is 3.57. The summed E-state index contributed by atoms with van der Waals surface area (Å²) in [5.41, 5.74) is -0.889. The molecule has 1 aromatic carbocycles. The molecule has 0 amide bonds. The third-order valence-corrected chi connectivity index (χ3v) is 5.10. The number of alkyl halides is 3. The smallest absolute Gasteiger partial charge is 0.352 e. The molecule has 7 heteroatoms. The zero-order valence-electron chi connectivity index (χ0n) is 16.8. The van der Waals surface area contributed by atoms with E-state index in [1.165, 1.54) is 24.3 Å². The van der Waals surface area contributed by atoms with Gasteiger partial charge in [0.1, 0.15) is 6.29 Å². The van der Waals surface area contributed by atoms with Crippen LogP contribution in [0.25, 0.3) is 0 Å². The second-order valence-electron chi connectivity index (χ2n) is 7.47. The summed E-state index contributed by atoms with van der Waals surface area (Å²) in [5, 5.41) is 0. The van der Waals surface area contributed by atoms with Gasteiger partial charge < -0.3 is 9.53 Å². The van der Waals surface area contributed by atoms with Gasteiger partial charge in [-0.2, -0.15) is 13.2 Å². The van der Waals surface area contributed by atoms with Crippen LogP contribution < -0.4 is 0 Å². The van der Waals surface area contributed by atoms with Crippen LogP contribution in [0.2, 0.25) is 0 Å². The molecule has 0 aromatic heterocycles. The summed E-state index contributed by atoms with van der Waals surface area (Å²) in [5.74, 6) is -0.551. The van der Waals surface area contributed by atoms with Gasteiger partial charge in [0.25, 0.3) is 0 Å². The lowest BCUT2D eigenvalue weighted by Gasteiger charge is -2.41. The standard InChI is InChI=1S/C22H26F3NO3/c1-16(2)26(3)21(12-10-20(28)11-13-21)29-15-18(14-27)5-4-17-6-8-19(9-7-17)22(23,24)25/h6-14,16,18H,4-5,15H2,1-3H3. The molecule has 1 atom stereocenters. The number of nitrogens with zero attached hydrogens (tertiary/aromatic N) is 1. The maximum absolute atomic E-state index is 12.6. The van der Waals surface area contributed by atoms with Gasteiger partial charge in [-0.15, -0.1) is 0 Å². The first-order chi connectivity index (χ1) is 13.6. The van der Waals surface area contributed by atoms with E-state index < -0.39 is 23.4 Å². The topological polar surface area (TPSA) is 46.6 Å². The van der Waals surface area contributed by atoms with Crippen molar-refractivity contribution in [2.24, 2.45) is 5.92 Å². The average Bonchev–Trinajstić information content (AvgIpc) is 2.68. The number of halogens is 3. The van der Waals surface area contributed by atoms with Crippen molar-refractivity contribution in [3.8, 4) is 0 Å². The molecule has 1 unspecified atom stereocenters. The maximum Gasteiger partial charge on any atom is 0.416 e. The fraction of sp³-hybridized carbons (Fsp3) is 0.455. The van der Waals surface area contributed by atoms with Crippen molar-refractivity contribution in [3.05, 3.63) is 59.7 Å². The molecule has 0 N–H and O–H groups in total. The van der Waals surface area contributed by atoms with Crippen LogP contribution in [-0.4, -0.2) is 42.4 Å². The number of hydrogen-bond donors (Lipinski definition) is 0. The van der Waals surface area contributed by atoms with Crippen LogP contribution in [0, 0.1) is 5.92 Å². The van der Waals surface area contributed by atoms with E-state index in [-0.39, 0.29) is 18.4 Å². The van der Waals surface area contributed by atoms with Gasteiger partial charge in [0.15, 0.2) is 11.5 Å². The van der Waals surface area contributed by atoms with E-state index in [1.807, 2.05) is 25.8 Å². The van der Waals surface area contributed by atoms with Crippen LogP contribution >= 0.6 is 0 Å². The number of carbonyl (C=O) groups excluding carboxylic acids is 2. The van der Waals surface area contributed by atoms with Gasteiger partial charge in [-0.3, -0.25) is 9.69 Å². The summed E-state index contributed by atoms with van der Waals surface area (Å²) in [6.45, 7) is 4.11. The van der Waals surface area contributed by atoms with Crippen LogP contribution in [0.1, 0.15) is 31.4 Å². The lowest BCUT2D eigenvalue weighted by molar-refractivity contribution is -0.137. The van der Waals surface area contributed by atoms with Crippen molar-refractivity contribution in [2.45, 2.75) is 44.6 Å². The Morgan fingerprint density at radius 3 is 2.21 bits per heavy atom. The van der Waals surface area contributed by atoms with E-state index in [9.17, 15) is 22.8 Å². The van der Waals surface area contributed by atoms with Crippen LogP contribution in [0.3, 0.4) is 0 Å². The van der Waals surface area contributed by atoms with Crippen molar-refractivity contribution >= 4 is 12.1 Å². The first-order valence-electron chi connectivity index (χ1n) is 9.48. The number of allylic oxidation sites excluding steroid dienone is 2. The Kier molecular flexibility index (Phi) is 7.54. The Hall–Kier alpha value is -2.25. The molecule has 1 aliphatic carbocycles. The Morgan fingerprint density at radius 2 is 1.72 bits per heavy atom.